The first-order chi connectivity index (χ1) is 6.25. The van der Waals surface area contributed by atoms with Gasteiger partial charge in [-0.05, 0) is 30.7 Å². The molecule has 0 amide bonds. The molecule has 0 bridgehead atoms. The van der Waals surface area contributed by atoms with E-state index in [0.717, 1.165) is 10.2 Å². The van der Waals surface area contributed by atoms with E-state index in [1.165, 1.54) is 11.1 Å². The van der Waals surface area contributed by atoms with Gasteiger partial charge in [-0.15, -0.1) is 11.3 Å². The molecule has 0 unspecified atom stereocenters. The zero-order chi connectivity index (χ0) is 9.26. The molecular formula is C10H8BrNS. The third-order valence-electron chi connectivity index (χ3n) is 1.77. The summed E-state index contributed by atoms with van der Waals surface area (Å²) in [6, 6.07) is 6.32. The zero-order valence-corrected chi connectivity index (χ0v) is 9.52. The number of benzene rings is 1. The summed E-state index contributed by atoms with van der Waals surface area (Å²) in [5, 5.41) is 2.06. The molecule has 1 aromatic heterocycles. The molecule has 0 radical (unpaired) electrons. The van der Waals surface area contributed by atoms with Gasteiger partial charge in [-0.3, -0.25) is 0 Å². The van der Waals surface area contributed by atoms with Crippen LogP contribution in [0.25, 0.3) is 11.3 Å². The Morgan fingerprint density at radius 3 is 2.77 bits per heavy atom. The molecule has 0 fully saturated rings. The molecule has 3 heteroatoms. The van der Waals surface area contributed by atoms with Gasteiger partial charge in [-0.1, -0.05) is 15.9 Å². The predicted molar refractivity (Wildman–Crippen MR) is 60.0 cm³/mol. The first-order valence-corrected chi connectivity index (χ1v) is 5.65. The van der Waals surface area contributed by atoms with Crippen LogP contribution in [-0.2, 0) is 0 Å². The fraction of sp³-hybridized carbons (Fsp3) is 0.100. The summed E-state index contributed by atoms with van der Waals surface area (Å²) in [4.78, 5) is 4.27. The molecule has 1 aromatic carbocycles. The molecular weight excluding hydrogens is 246 g/mol. The van der Waals surface area contributed by atoms with Crippen LogP contribution in [0.3, 0.4) is 0 Å². The number of halogens is 1. The molecule has 66 valence electrons. The minimum absolute atomic E-state index is 1.05. The van der Waals surface area contributed by atoms with Gasteiger partial charge < -0.3 is 0 Å². The van der Waals surface area contributed by atoms with E-state index in [2.05, 4.69) is 51.4 Å². The van der Waals surface area contributed by atoms with E-state index in [1.54, 1.807) is 11.3 Å². The Labute approximate surface area is 89.6 Å². The Kier molecular flexibility index (Phi) is 2.47. The van der Waals surface area contributed by atoms with Crippen molar-refractivity contribution in [2.75, 3.05) is 0 Å². The van der Waals surface area contributed by atoms with Gasteiger partial charge in [0, 0.05) is 15.4 Å². The maximum absolute atomic E-state index is 4.27. The lowest BCUT2D eigenvalue weighted by molar-refractivity contribution is 1.38. The second-order valence-corrected chi connectivity index (χ2v) is 4.53. The smallest absolute Gasteiger partial charge is 0.0811 e. The van der Waals surface area contributed by atoms with Crippen molar-refractivity contribution in [2.45, 2.75) is 6.92 Å². The van der Waals surface area contributed by atoms with Crippen LogP contribution in [0.2, 0.25) is 0 Å². The highest BCUT2D eigenvalue weighted by atomic mass is 79.9. The van der Waals surface area contributed by atoms with Crippen molar-refractivity contribution in [3.63, 3.8) is 0 Å². The van der Waals surface area contributed by atoms with Crippen molar-refractivity contribution in [2.24, 2.45) is 0 Å². The third-order valence-corrected chi connectivity index (χ3v) is 2.81. The highest BCUT2D eigenvalue weighted by Gasteiger charge is 2.00. The summed E-state index contributed by atoms with van der Waals surface area (Å²) in [6.45, 7) is 2.08. The first-order valence-electron chi connectivity index (χ1n) is 3.91. The lowest BCUT2D eigenvalue weighted by Crippen LogP contribution is -1.79. The molecule has 0 N–H and O–H groups in total. The van der Waals surface area contributed by atoms with E-state index >= 15 is 0 Å². The normalized spacial score (nSPS) is 10.3. The van der Waals surface area contributed by atoms with E-state index < -0.39 is 0 Å². The monoisotopic (exact) mass is 253 g/mol. The summed E-state index contributed by atoms with van der Waals surface area (Å²) < 4.78 is 1.11. The Balaban J connectivity index is 2.53. The van der Waals surface area contributed by atoms with Gasteiger partial charge in [0.1, 0.15) is 0 Å². The quantitative estimate of drug-likeness (QED) is 0.752. The van der Waals surface area contributed by atoms with Gasteiger partial charge >= 0.3 is 0 Å². The van der Waals surface area contributed by atoms with Gasteiger partial charge in [0.05, 0.1) is 11.2 Å². The van der Waals surface area contributed by atoms with Crippen molar-refractivity contribution >= 4 is 27.3 Å². The van der Waals surface area contributed by atoms with Crippen molar-refractivity contribution in [3.8, 4) is 11.3 Å². The van der Waals surface area contributed by atoms with Gasteiger partial charge in [-0.25, -0.2) is 4.98 Å². The van der Waals surface area contributed by atoms with Gasteiger partial charge in [0.15, 0.2) is 0 Å². The molecule has 0 spiro atoms. The largest absolute Gasteiger partial charge is 0.245 e. The zero-order valence-electron chi connectivity index (χ0n) is 7.12. The SMILES string of the molecule is Cc1cc(Br)cc(-c2cscn2)c1. The molecule has 2 rings (SSSR count). The Morgan fingerprint density at radius 1 is 1.31 bits per heavy atom. The Hall–Kier alpha value is -0.670. The fourth-order valence-electron chi connectivity index (χ4n) is 1.24. The molecule has 2 aromatic rings. The van der Waals surface area contributed by atoms with Crippen LogP contribution in [0.4, 0.5) is 0 Å². The van der Waals surface area contributed by atoms with Crippen LogP contribution < -0.4 is 0 Å². The lowest BCUT2D eigenvalue weighted by atomic mass is 10.1. The van der Waals surface area contributed by atoms with Crippen molar-refractivity contribution in [1.29, 1.82) is 0 Å². The van der Waals surface area contributed by atoms with Crippen LogP contribution in [-0.4, -0.2) is 4.98 Å². The average molecular weight is 254 g/mol. The number of thiazole rings is 1. The van der Waals surface area contributed by atoms with Crippen LogP contribution in [0.1, 0.15) is 5.56 Å². The van der Waals surface area contributed by atoms with Crippen LogP contribution in [0.5, 0.6) is 0 Å². The fourth-order valence-corrected chi connectivity index (χ4v) is 2.41. The van der Waals surface area contributed by atoms with Crippen LogP contribution in [0, 0.1) is 6.92 Å². The second-order valence-electron chi connectivity index (χ2n) is 2.89. The van der Waals surface area contributed by atoms with E-state index in [1.807, 2.05) is 5.51 Å². The summed E-state index contributed by atoms with van der Waals surface area (Å²) in [5.74, 6) is 0. The molecule has 13 heavy (non-hydrogen) atoms. The minimum atomic E-state index is 1.05. The van der Waals surface area contributed by atoms with E-state index in [0.29, 0.717) is 0 Å². The van der Waals surface area contributed by atoms with Crippen LogP contribution >= 0.6 is 27.3 Å². The number of hydrogen-bond donors (Lipinski definition) is 0. The van der Waals surface area contributed by atoms with E-state index in [4.69, 9.17) is 0 Å². The second kappa shape index (κ2) is 3.60. The molecule has 1 nitrogen and oxygen atoms in total. The minimum Gasteiger partial charge on any atom is -0.245 e. The Bertz CT molecular complexity index is 389. The van der Waals surface area contributed by atoms with Crippen molar-refractivity contribution in [1.82, 2.24) is 4.98 Å². The standard InChI is InChI=1S/C10H8BrNS/c1-7-2-8(4-9(11)3-7)10-5-13-6-12-10/h2-6H,1H3. The average Bonchev–Trinajstić information content (AvgIpc) is 2.53. The third kappa shape index (κ3) is 1.98. The number of hydrogen-bond acceptors (Lipinski definition) is 2. The van der Waals surface area contributed by atoms with Gasteiger partial charge in [-0.2, -0.15) is 0 Å². The molecule has 0 saturated heterocycles. The molecule has 0 aliphatic heterocycles. The summed E-state index contributed by atoms with van der Waals surface area (Å²) >= 11 is 5.09. The molecule has 0 atom stereocenters. The van der Waals surface area contributed by atoms with Crippen LogP contribution in [0.15, 0.2) is 33.6 Å². The molecule has 0 aliphatic rings. The number of rotatable bonds is 1. The topological polar surface area (TPSA) is 12.9 Å². The van der Waals surface area contributed by atoms with Gasteiger partial charge in [0.25, 0.3) is 0 Å². The molecule has 0 aliphatic carbocycles. The lowest BCUT2D eigenvalue weighted by Gasteiger charge is -2.00. The van der Waals surface area contributed by atoms with Crippen molar-refractivity contribution < 1.29 is 0 Å². The predicted octanol–water partition coefficient (Wildman–Crippen LogP) is 3.88. The van der Waals surface area contributed by atoms with Crippen molar-refractivity contribution in [3.05, 3.63) is 39.1 Å². The summed E-state index contributed by atoms with van der Waals surface area (Å²) in [6.07, 6.45) is 0. The van der Waals surface area contributed by atoms with Gasteiger partial charge in [0.2, 0.25) is 0 Å². The molecule has 0 saturated carbocycles. The van der Waals surface area contributed by atoms with E-state index in [-0.39, 0.29) is 0 Å². The Morgan fingerprint density at radius 2 is 2.15 bits per heavy atom. The number of aryl methyl sites for hydroxylation is 1. The maximum atomic E-state index is 4.27. The summed E-state index contributed by atoms with van der Waals surface area (Å²) in [5.41, 5.74) is 5.32. The first kappa shape index (κ1) is 8.91. The summed E-state index contributed by atoms with van der Waals surface area (Å²) in [7, 11) is 0. The highest BCUT2D eigenvalue weighted by Crippen LogP contribution is 2.24. The maximum Gasteiger partial charge on any atom is 0.0811 e. The number of aromatic nitrogens is 1. The highest BCUT2D eigenvalue weighted by molar-refractivity contribution is 9.10. The van der Waals surface area contributed by atoms with E-state index in [9.17, 15) is 0 Å². The number of nitrogens with zero attached hydrogens (tertiary/aromatic N) is 1. The molecule has 1 heterocycles.